The van der Waals surface area contributed by atoms with Gasteiger partial charge in [-0.05, 0) is 37.3 Å². The molecule has 0 radical (unpaired) electrons. The van der Waals surface area contributed by atoms with Crippen LogP contribution < -0.4 is 0 Å². The van der Waals surface area contributed by atoms with E-state index in [1.165, 1.54) is 22.2 Å². The molecular weight excluding hydrogens is 248 g/mol. The van der Waals surface area contributed by atoms with Gasteiger partial charge in [-0.25, -0.2) is 0 Å². The Morgan fingerprint density at radius 3 is 3.00 bits per heavy atom. The molecule has 2 aromatic rings. The highest BCUT2D eigenvalue weighted by atomic mass is 16.2. The normalized spacial score (nSPS) is 26.2. The molecular formula is C17H20N2O. The highest BCUT2D eigenvalue weighted by Gasteiger charge is 2.37. The Balaban J connectivity index is 1.86. The fourth-order valence-corrected chi connectivity index (χ4v) is 3.89. The van der Waals surface area contributed by atoms with E-state index in [0.29, 0.717) is 5.91 Å². The first kappa shape index (κ1) is 12.0. The fourth-order valence-electron chi connectivity index (χ4n) is 3.89. The third-order valence-electron chi connectivity index (χ3n) is 4.96. The van der Waals surface area contributed by atoms with Crippen molar-refractivity contribution in [3.63, 3.8) is 0 Å². The Labute approximate surface area is 119 Å². The van der Waals surface area contributed by atoms with Gasteiger partial charge in [0.2, 0.25) is 5.91 Å². The maximum atomic E-state index is 12.4. The van der Waals surface area contributed by atoms with Crippen LogP contribution in [-0.4, -0.2) is 22.3 Å². The first-order valence-corrected chi connectivity index (χ1v) is 7.65. The summed E-state index contributed by atoms with van der Waals surface area (Å²) in [6.07, 6.45) is 4.25. The van der Waals surface area contributed by atoms with Gasteiger partial charge < -0.3 is 9.88 Å². The van der Waals surface area contributed by atoms with E-state index >= 15 is 0 Å². The predicted octanol–water partition coefficient (Wildman–Crippen LogP) is 3.41. The van der Waals surface area contributed by atoms with E-state index in [2.05, 4.69) is 41.1 Å². The van der Waals surface area contributed by atoms with Crippen LogP contribution >= 0.6 is 0 Å². The van der Waals surface area contributed by atoms with Gasteiger partial charge in [-0.1, -0.05) is 25.1 Å². The van der Waals surface area contributed by atoms with Crippen LogP contribution in [0.2, 0.25) is 0 Å². The number of nitrogens with one attached hydrogen (secondary N) is 1. The van der Waals surface area contributed by atoms with Gasteiger partial charge in [0.05, 0.1) is 6.04 Å². The molecule has 3 heteroatoms. The maximum absolute atomic E-state index is 12.4. The predicted molar refractivity (Wildman–Crippen MR) is 79.5 cm³/mol. The fraction of sp³-hybridized carbons (Fsp3) is 0.471. The van der Waals surface area contributed by atoms with E-state index in [1.54, 1.807) is 0 Å². The Morgan fingerprint density at radius 1 is 1.25 bits per heavy atom. The molecule has 20 heavy (non-hydrogen) atoms. The molecule has 0 spiro atoms. The second-order valence-corrected chi connectivity index (χ2v) is 6.19. The molecule has 2 unspecified atom stereocenters. The van der Waals surface area contributed by atoms with E-state index in [-0.39, 0.29) is 12.0 Å². The number of H-pyrrole nitrogens is 1. The number of aromatic nitrogens is 1. The zero-order valence-electron chi connectivity index (χ0n) is 11.9. The summed E-state index contributed by atoms with van der Waals surface area (Å²) in [7, 11) is 0. The summed E-state index contributed by atoms with van der Waals surface area (Å²) in [5.74, 6) is 0.532. The van der Waals surface area contributed by atoms with Crippen LogP contribution in [0.3, 0.4) is 0 Å². The minimum absolute atomic E-state index is 0.192. The first-order chi connectivity index (χ1) is 9.75. The van der Waals surface area contributed by atoms with Crippen LogP contribution in [0.1, 0.15) is 43.5 Å². The molecule has 3 heterocycles. The van der Waals surface area contributed by atoms with Crippen LogP contribution in [0, 0.1) is 5.92 Å². The lowest BCUT2D eigenvalue weighted by molar-refractivity contribution is -0.141. The van der Waals surface area contributed by atoms with Crippen LogP contribution in [0.25, 0.3) is 10.9 Å². The molecule has 3 nitrogen and oxygen atoms in total. The van der Waals surface area contributed by atoms with Crippen molar-refractivity contribution in [3.05, 3.63) is 35.5 Å². The molecule has 0 saturated carbocycles. The first-order valence-electron chi connectivity index (χ1n) is 7.65. The minimum atomic E-state index is 0.192. The summed E-state index contributed by atoms with van der Waals surface area (Å²) in [5.41, 5.74) is 3.95. The van der Waals surface area contributed by atoms with Gasteiger partial charge in [-0.3, -0.25) is 4.79 Å². The smallest absolute Gasteiger partial charge is 0.225 e. The van der Waals surface area contributed by atoms with Gasteiger partial charge >= 0.3 is 0 Å². The topological polar surface area (TPSA) is 36.1 Å². The van der Waals surface area contributed by atoms with Crippen molar-refractivity contribution in [2.24, 2.45) is 5.92 Å². The monoisotopic (exact) mass is 268 g/mol. The van der Waals surface area contributed by atoms with Gasteiger partial charge in [0, 0.05) is 29.1 Å². The molecule has 1 aromatic carbocycles. The molecule has 1 N–H and O–H groups in total. The number of rotatable bonds is 0. The van der Waals surface area contributed by atoms with E-state index in [9.17, 15) is 4.79 Å². The van der Waals surface area contributed by atoms with Crippen molar-refractivity contribution in [1.82, 2.24) is 9.88 Å². The van der Waals surface area contributed by atoms with E-state index in [1.807, 2.05) is 0 Å². The third-order valence-corrected chi connectivity index (χ3v) is 4.96. The van der Waals surface area contributed by atoms with Gasteiger partial charge in [0.25, 0.3) is 0 Å². The number of hydrogen-bond donors (Lipinski definition) is 1. The molecule has 1 amide bonds. The van der Waals surface area contributed by atoms with E-state index in [0.717, 1.165) is 32.2 Å². The van der Waals surface area contributed by atoms with E-state index < -0.39 is 0 Å². The van der Waals surface area contributed by atoms with Crippen molar-refractivity contribution in [1.29, 1.82) is 0 Å². The lowest BCUT2D eigenvalue weighted by Gasteiger charge is -2.37. The number of aryl methyl sites for hydroxylation is 1. The summed E-state index contributed by atoms with van der Waals surface area (Å²) in [6.45, 7) is 2.97. The number of benzene rings is 1. The average molecular weight is 268 g/mol. The zero-order chi connectivity index (χ0) is 13.7. The van der Waals surface area contributed by atoms with Crippen molar-refractivity contribution in [3.8, 4) is 0 Å². The van der Waals surface area contributed by atoms with Gasteiger partial charge in [-0.2, -0.15) is 0 Å². The molecule has 2 aliphatic rings. The minimum Gasteiger partial charge on any atom is -0.356 e. The van der Waals surface area contributed by atoms with Crippen molar-refractivity contribution in [2.45, 2.75) is 38.6 Å². The van der Waals surface area contributed by atoms with Gasteiger partial charge in [0.1, 0.15) is 0 Å². The van der Waals surface area contributed by atoms with Gasteiger partial charge in [-0.15, -0.1) is 0 Å². The molecule has 1 aromatic heterocycles. The Bertz CT molecular complexity index is 673. The van der Waals surface area contributed by atoms with Crippen LogP contribution in [0.5, 0.6) is 0 Å². The maximum Gasteiger partial charge on any atom is 0.225 e. The third kappa shape index (κ3) is 1.62. The lowest BCUT2D eigenvalue weighted by atomic mass is 9.91. The van der Waals surface area contributed by atoms with Crippen molar-refractivity contribution >= 4 is 16.8 Å². The lowest BCUT2D eigenvalue weighted by Crippen LogP contribution is -2.42. The Hall–Kier alpha value is -1.77. The number of carbonyl (C=O) groups excluding carboxylic acids is 1. The summed E-state index contributed by atoms with van der Waals surface area (Å²) in [6, 6.07) is 8.79. The molecule has 0 bridgehead atoms. The van der Waals surface area contributed by atoms with Crippen molar-refractivity contribution < 1.29 is 4.79 Å². The molecule has 4 rings (SSSR count). The molecule has 2 aliphatic heterocycles. The number of nitrogens with zero attached hydrogens (tertiary/aromatic N) is 1. The number of fused-ring (bicyclic) bond motifs is 5. The largest absolute Gasteiger partial charge is 0.356 e. The highest BCUT2D eigenvalue weighted by Crippen LogP contribution is 2.40. The zero-order valence-corrected chi connectivity index (χ0v) is 11.9. The molecule has 1 saturated heterocycles. The number of amides is 1. The number of para-hydroxylation sites is 1. The average Bonchev–Trinajstić information content (AvgIpc) is 2.72. The second-order valence-electron chi connectivity index (χ2n) is 6.19. The van der Waals surface area contributed by atoms with E-state index in [4.69, 9.17) is 0 Å². The Kier molecular flexibility index (Phi) is 2.62. The summed E-state index contributed by atoms with van der Waals surface area (Å²) < 4.78 is 0. The molecule has 2 atom stereocenters. The number of hydrogen-bond acceptors (Lipinski definition) is 1. The standard InChI is InChI=1S/C17H20N2O/c1-11-8-9-15-16-13(6-4-10-19(15)17(11)20)12-5-2-3-7-14(12)18-16/h2-3,5,7,11,15,18H,4,6,8-10H2,1H3. The van der Waals surface area contributed by atoms with Gasteiger partial charge in [0.15, 0.2) is 0 Å². The number of carbonyl (C=O) groups is 1. The molecule has 0 aliphatic carbocycles. The number of piperidine rings is 1. The van der Waals surface area contributed by atoms with Crippen LogP contribution in [0.4, 0.5) is 0 Å². The molecule has 104 valence electrons. The summed E-state index contributed by atoms with van der Waals surface area (Å²) in [5, 5.41) is 1.34. The quantitative estimate of drug-likeness (QED) is 0.781. The van der Waals surface area contributed by atoms with Crippen LogP contribution in [0.15, 0.2) is 24.3 Å². The molecule has 1 fully saturated rings. The highest BCUT2D eigenvalue weighted by molar-refractivity contribution is 5.86. The second kappa shape index (κ2) is 4.37. The SMILES string of the molecule is CC1CCC2c3[nH]c4ccccc4c3CCCN2C1=O. The summed E-state index contributed by atoms with van der Waals surface area (Å²) in [4.78, 5) is 18.2. The number of aromatic amines is 1. The Morgan fingerprint density at radius 2 is 2.10 bits per heavy atom. The van der Waals surface area contributed by atoms with Crippen LogP contribution in [-0.2, 0) is 11.2 Å². The van der Waals surface area contributed by atoms with Crippen molar-refractivity contribution in [2.75, 3.05) is 6.54 Å². The summed E-state index contributed by atoms with van der Waals surface area (Å²) >= 11 is 0.